The molecule has 2 aromatic rings. The predicted molar refractivity (Wildman–Crippen MR) is 71.9 cm³/mol. The molecule has 0 atom stereocenters. The predicted octanol–water partition coefficient (Wildman–Crippen LogP) is 2.36. The second-order valence-electron chi connectivity index (χ2n) is 3.45. The minimum atomic E-state index is 0.187. The Labute approximate surface area is 109 Å². The maximum absolute atomic E-state index is 9.72. The minimum Gasteiger partial charge on any atom is -0.507 e. The molecule has 0 spiro atoms. The van der Waals surface area contributed by atoms with Gasteiger partial charge in [0.25, 0.3) is 0 Å². The summed E-state index contributed by atoms with van der Waals surface area (Å²) in [5.41, 5.74) is 6.21. The van der Waals surface area contributed by atoms with E-state index in [1.54, 1.807) is 24.3 Å². The third-order valence-corrected chi connectivity index (χ3v) is 2.94. The van der Waals surface area contributed by atoms with Gasteiger partial charge >= 0.3 is 0 Å². The molecule has 5 nitrogen and oxygen atoms in total. The monoisotopic (exact) mass is 263 g/mol. The molecular weight excluding hydrogens is 250 g/mol. The van der Waals surface area contributed by atoms with Crippen LogP contribution in [-0.4, -0.2) is 21.9 Å². The second-order valence-corrected chi connectivity index (χ2v) is 4.45. The molecule has 1 aromatic heterocycles. The molecule has 0 fully saturated rings. The first-order chi connectivity index (χ1) is 8.70. The highest BCUT2D eigenvalue weighted by molar-refractivity contribution is 7.16. The Morgan fingerprint density at radius 1 is 1.44 bits per heavy atom. The van der Waals surface area contributed by atoms with E-state index in [2.05, 4.69) is 10.2 Å². The van der Waals surface area contributed by atoms with Crippen LogP contribution in [0.5, 0.6) is 5.75 Å². The zero-order valence-corrected chi connectivity index (χ0v) is 10.6. The van der Waals surface area contributed by atoms with E-state index in [4.69, 9.17) is 10.5 Å². The van der Waals surface area contributed by atoms with E-state index in [1.807, 2.05) is 13.0 Å². The number of anilines is 1. The van der Waals surface area contributed by atoms with Crippen LogP contribution >= 0.6 is 11.3 Å². The summed E-state index contributed by atoms with van der Waals surface area (Å²) in [6.45, 7) is 2.38. The number of benzene rings is 1. The van der Waals surface area contributed by atoms with Gasteiger partial charge in [0.2, 0.25) is 5.13 Å². The van der Waals surface area contributed by atoms with Gasteiger partial charge in [-0.1, -0.05) is 29.5 Å². The number of nitrogen functional groups attached to an aromatic ring is 1. The fourth-order valence-electron chi connectivity index (χ4n) is 1.41. The summed E-state index contributed by atoms with van der Waals surface area (Å²) in [6, 6.07) is 7.00. The van der Waals surface area contributed by atoms with Crippen molar-refractivity contribution in [2.75, 3.05) is 12.3 Å². The van der Waals surface area contributed by atoms with Crippen molar-refractivity contribution in [3.8, 4) is 5.75 Å². The highest BCUT2D eigenvalue weighted by Crippen LogP contribution is 2.26. The van der Waals surface area contributed by atoms with Crippen molar-refractivity contribution in [2.45, 2.75) is 6.92 Å². The van der Waals surface area contributed by atoms with Crippen LogP contribution in [0.1, 0.15) is 17.5 Å². The van der Waals surface area contributed by atoms with E-state index < -0.39 is 0 Å². The maximum Gasteiger partial charge on any atom is 0.203 e. The van der Waals surface area contributed by atoms with Crippen molar-refractivity contribution in [1.82, 2.24) is 10.2 Å². The van der Waals surface area contributed by atoms with Gasteiger partial charge in [-0.05, 0) is 19.1 Å². The number of para-hydroxylation sites is 1. The van der Waals surface area contributed by atoms with Crippen LogP contribution in [0.15, 0.2) is 24.3 Å². The molecule has 0 radical (unpaired) electrons. The SMILES string of the molecule is CCO/C(=C\c1ccccc1O)c1nnc(N)s1. The zero-order valence-electron chi connectivity index (χ0n) is 9.83. The Hall–Kier alpha value is -2.08. The van der Waals surface area contributed by atoms with E-state index in [1.165, 1.54) is 11.3 Å². The van der Waals surface area contributed by atoms with Crippen LogP contribution in [0.25, 0.3) is 11.8 Å². The molecule has 94 valence electrons. The molecular formula is C12H13N3O2S. The van der Waals surface area contributed by atoms with Gasteiger partial charge in [0.05, 0.1) is 6.61 Å². The minimum absolute atomic E-state index is 0.187. The maximum atomic E-state index is 9.72. The number of nitrogens with zero attached hydrogens (tertiary/aromatic N) is 2. The topological polar surface area (TPSA) is 81.3 Å². The highest BCUT2D eigenvalue weighted by Gasteiger charge is 2.10. The molecule has 2 rings (SSSR count). The molecule has 0 aliphatic carbocycles. The number of phenolic OH excluding ortho intramolecular Hbond substituents is 1. The van der Waals surface area contributed by atoms with E-state index in [0.29, 0.717) is 28.1 Å². The van der Waals surface area contributed by atoms with Crippen LogP contribution in [0.3, 0.4) is 0 Å². The van der Waals surface area contributed by atoms with Crippen molar-refractivity contribution in [1.29, 1.82) is 0 Å². The number of phenols is 1. The second kappa shape index (κ2) is 5.50. The van der Waals surface area contributed by atoms with Crippen LogP contribution < -0.4 is 5.73 Å². The first-order valence-corrected chi connectivity index (χ1v) is 6.24. The largest absolute Gasteiger partial charge is 0.507 e. The van der Waals surface area contributed by atoms with E-state index >= 15 is 0 Å². The number of aromatic hydroxyl groups is 1. The summed E-state index contributed by atoms with van der Waals surface area (Å²) in [4.78, 5) is 0. The summed E-state index contributed by atoms with van der Waals surface area (Å²) in [7, 11) is 0. The number of rotatable bonds is 4. The summed E-state index contributed by atoms with van der Waals surface area (Å²) < 4.78 is 5.50. The standard InChI is InChI=1S/C12H13N3O2S/c1-2-17-10(11-14-15-12(13)18-11)7-8-5-3-4-6-9(8)16/h3-7,16H,2H2,1H3,(H2,13,15)/b10-7-. The van der Waals surface area contributed by atoms with Crippen LogP contribution in [0.2, 0.25) is 0 Å². The summed E-state index contributed by atoms with van der Waals surface area (Å²) in [6.07, 6.45) is 1.72. The molecule has 0 saturated heterocycles. The van der Waals surface area contributed by atoms with Crippen LogP contribution in [0.4, 0.5) is 5.13 Å². The van der Waals surface area contributed by atoms with Crippen molar-refractivity contribution in [2.24, 2.45) is 0 Å². The molecule has 1 aromatic carbocycles. The average molecular weight is 263 g/mol. The summed E-state index contributed by atoms with van der Waals surface area (Å²) in [5.74, 6) is 0.736. The van der Waals surface area contributed by atoms with Gasteiger partial charge in [-0.2, -0.15) is 0 Å². The van der Waals surface area contributed by atoms with E-state index in [0.717, 1.165) is 0 Å². The molecule has 0 aliphatic rings. The normalized spacial score (nSPS) is 11.5. The van der Waals surface area contributed by atoms with Crippen molar-refractivity contribution < 1.29 is 9.84 Å². The fraction of sp³-hybridized carbons (Fsp3) is 0.167. The van der Waals surface area contributed by atoms with Crippen LogP contribution in [-0.2, 0) is 4.74 Å². The van der Waals surface area contributed by atoms with E-state index in [-0.39, 0.29) is 5.75 Å². The molecule has 0 unspecified atom stereocenters. The van der Waals surface area contributed by atoms with Gasteiger partial charge in [-0.3, -0.25) is 0 Å². The average Bonchev–Trinajstić information content (AvgIpc) is 2.78. The molecule has 0 bridgehead atoms. The van der Waals surface area contributed by atoms with Crippen molar-refractivity contribution in [3.63, 3.8) is 0 Å². The lowest BCUT2D eigenvalue weighted by Crippen LogP contribution is -1.91. The zero-order chi connectivity index (χ0) is 13.0. The lowest BCUT2D eigenvalue weighted by atomic mass is 10.2. The quantitative estimate of drug-likeness (QED) is 0.827. The Morgan fingerprint density at radius 2 is 2.22 bits per heavy atom. The third kappa shape index (κ3) is 2.78. The Balaban J connectivity index is 2.39. The number of aromatic nitrogens is 2. The first kappa shape index (κ1) is 12.4. The molecule has 0 amide bonds. The molecule has 1 heterocycles. The molecule has 6 heteroatoms. The molecule has 3 N–H and O–H groups in total. The lowest BCUT2D eigenvalue weighted by molar-refractivity contribution is 0.299. The highest BCUT2D eigenvalue weighted by atomic mass is 32.1. The van der Waals surface area contributed by atoms with Gasteiger partial charge in [0.15, 0.2) is 10.8 Å². The number of hydrogen-bond acceptors (Lipinski definition) is 6. The number of nitrogens with two attached hydrogens (primary N) is 1. The summed E-state index contributed by atoms with van der Waals surface area (Å²) in [5, 5.41) is 18.4. The number of ether oxygens (including phenoxy) is 1. The van der Waals surface area contributed by atoms with Gasteiger partial charge in [0, 0.05) is 5.56 Å². The number of hydrogen-bond donors (Lipinski definition) is 2. The lowest BCUT2D eigenvalue weighted by Gasteiger charge is -2.05. The van der Waals surface area contributed by atoms with E-state index in [9.17, 15) is 5.11 Å². The van der Waals surface area contributed by atoms with Gasteiger partial charge in [-0.15, -0.1) is 10.2 Å². The van der Waals surface area contributed by atoms with Crippen molar-refractivity contribution in [3.05, 3.63) is 34.8 Å². The molecule has 0 saturated carbocycles. The van der Waals surface area contributed by atoms with Crippen LogP contribution in [0, 0.1) is 0 Å². The molecule has 18 heavy (non-hydrogen) atoms. The summed E-state index contributed by atoms with van der Waals surface area (Å²) >= 11 is 1.24. The third-order valence-electron chi connectivity index (χ3n) is 2.17. The Bertz CT molecular complexity index is 566. The Morgan fingerprint density at radius 3 is 2.83 bits per heavy atom. The Kier molecular flexibility index (Phi) is 3.78. The van der Waals surface area contributed by atoms with Crippen molar-refractivity contribution >= 4 is 28.3 Å². The van der Waals surface area contributed by atoms with Gasteiger partial charge < -0.3 is 15.6 Å². The molecule has 0 aliphatic heterocycles. The smallest absolute Gasteiger partial charge is 0.203 e. The fourth-order valence-corrected chi connectivity index (χ4v) is 1.99. The van der Waals surface area contributed by atoms with Gasteiger partial charge in [0.1, 0.15) is 5.75 Å². The van der Waals surface area contributed by atoms with Gasteiger partial charge in [-0.25, -0.2) is 0 Å². The first-order valence-electron chi connectivity index (χ1n) is 5.42.